The molecule has 0 amide bonds. The second-order valence-corrected chi connectivity index (χ2v) is 3.71. The average molecular weight is 239 g/mol. The van der Waals surface area contributed by atoms with Crippen LogP contribution < -0.4 is 11.1 Å². The van der Waals surface area contributed by atoms with Gasteiger partial charge in [0.25, 0.3) is 0 Å². The Balaban J connectivity index is 2.83. The van der Waals surface area contributed by atoms with Crippen molar-refractivity contribution < 1.29 is 9.66 Å². The highest BCUT2D eigenvalue weighted by molar-refractivity contribution is 5.74. The van der Waals surface area contributed by atoms with Gasteiger partial charge in [0.1, 0.15) is 11.4 Å². The van der Waals surface area contributed by atoms with Gasteiger partial charge in [-0.05, 0) is 26.0 Å². The lowest BCUT2D eigenvalue weighted by Crippen LogP contribution is -2.22. The van der Waals surface area contributed by atoms with Crippen LogP contribution in [0.4, 0.5) is 17.1 Å². The smallest absolute Gasteiger partial charge is 0.314 e. The number of nitrogens with zero attached hydrogens (tertiary/aromatic N) is 1. The standard InChI is InChI=1S/C11H17N3O3/c1-3-17-7-8(2)13-10-6-4-5-9(12)11(10)14(15)16/h4-6,8,13H,3,7,12H2,1-2H3. The number of nitrogens with two attached hydrogens (primary N) is 1. The van der Waals surface area contributed by atoms with E-state index in [1.807, 2.05) is 13.8 Å². The molecular formula is C11H17N3O3. The number of hydrogen-bond acceptors (Lipinski definition) is 5. The molecule has 94 valence electrons. The molecule has 0 radical (unpaired) electrons. The average Bonchev–Trinajstić information content (AvgIpc) is 2.25. The number of para-hydroxylation sites is 1. The van der Waals surface area contributed by atoms with Crippen molar-refractivity contribution in [3.63, 3.8) is 0 Å². The highest BCUT2D eigenvalue weighted by atomic mass is 16.6. The predicted octanol–water partition coefficient (Wildman–Crippen LogP) is 2.01. The van der Waals surface area contributed by atoms with Crippen molar-refractivity contribution >= 4 is 17.1 Å². The number of rotatable bonds is 6. The van der Waals surface area contributed by atoms with E-state index in [1.165, 1.54) is 6.07 Å². The van der Waals surface area contributed by atoms with Gasteiger partial charge >= 0.3 is 5.69 Å². The molecule has 0 aromatic heterocycles. The van der Waals surface area contributed by atoms with Gasteiger partial charge in [-0.3, -0.25) is 10.1 Å². The molecule has 0 saturated carbocycles. The fourth-order valence-corrected chi connectivity index (χ4v) is 1.48. The van der Waals surface area contributed by atoms with E-state index in [2.05, 4.69) is 5.32 Å². The van der Waals surface area contributed by atoms with Crippen LogP contribution >= 0.6 is 0 Å². The second-order valence-electron chi connectivity index (χ2n) is 3.71. The third kappa shape index (κ3) is 3.60. The minimum Gasteiger partial charge on any atom is -0.393 e. The summed E-state index contributed by atoms with van der Waals surface area (Å²) in [6, 6.07) is 4.81. The number of ether oxygens (including phenoxy) is 1. The molecule has 17 heavy (non-hydrogen) atoms. The van der Waals surface area contributed by atoms with Crippen LogP contribution in [0.15, 0.2) is 18.2 Å². The summed E-state index contributed by atoms with van der Waals surface area (Å²) in [7, 11) is 0. The highest BCUT2D eigenvalue weighted by Crippen LogP contribution is 2.30. The zero-order valence-corrected chi connectivity index (χ0v) is 9.97. The van der Waals surface area contributed by atoms with E-state index < -0.39 is 4.92 Å². The molecule has 6 nitrogen and oxygen atoms in total. The topological polar surface area (TPSA) is 90.4 Å². The van der Waals surface area contributed by atoms with Crippen molar-refractivity contribution in [3.8, 4) is 0 Å². The minimum atomic E-state index is -0.481. The summed E-state index contributed by atoms with van der Waals surface area (Å²) in [5.74, 6) is 0. The summed E-state index contributed by atoms with van der Waals surface area (Å²) in [5, 5.41) is 13.9. The van der Waals surface area contributed by atoms with Crippen LogP contribution in [0.1, 0.15) is 13.8 Å². The first-order chi connectivity index (χ1) is 8.06. The minimum absolute atomic E-state index is 0.0181. The molecule has 1 aromatic rings. The lowest BCUT2D eigenvalue weighted by atomic mass is 10.2. The molecule has 1 atom stereocenters. The van der Waals surface area contributed by atoms with Gasteiger partial charge in [-0.2, -0.15) is 0 Å². The van der Waals surface area contributed by atoms with Crippen molar-refractivity contribution in [3.05, 3.63) is 28.3 Å². The molecule has 0 bridgehead atoms. The van der Waals surface area contributed by atoms with Gasteiger partial charge in [0.15, 0.2) is 0 Å². The number of benzene rings is 1. The number of nitrogen functional groups attached to an aromatic ring is 1. The molecule has 0 aliphatic rings. The van der Waals surface area contributed by atoms with Gasteiger partial charge < -0.3 is 15.8 Å². The Labute approximate surface area is 99.9 Å². The van der Waals surface area contributed by atoms with Crippen molar-refractivity contribution in [2.24, 2.45) is 0 Å². The number of hydrogen-bond donors (Lipinski definition) is 2. The van der Waals surface area contributed by atoms with Crippen LogP contribution in [-0.4, -0.2) is 24.2 Å². The van der Waals surface area contributed by atoms with E-state index in [1.54, 1.807) is 12.1 Å². The summed E-state index contributed by atoms with van der Waals surface area (Å²) in [5.41, 5.74) is 6.07. The molecule has 1 aromatic carbocycles. The van der Waals surface area contributed by atoms with E-state index in [-0.39, 0.29) is 17.4 Å². The third-order valence-corrected chi connectivity index (χ3v) is 2.22. The van der Waals surface area contributed by atoms with E-state index in [9.17, 15) is 10.1 Å². The largest absolute Gasteiger partial charge is 0.393 e. The van der Waals surface area contributed by atoms with Crippen molar-refractivity contribution in [2.75, 3.05) is 24.3 Å². The van der Waals surface area contributed by atoms with Gasteiger partial charge in [0, 0.05) is 12.6 Å². The molecule has 0 saturated heterocycles. The number of anilines is 2. The molecule has 1 unspecified atom stereocenters. The number of nitrogens with one attached hydrogen (secondary N) is 1. The van der Waals surface area contributed by atoms with Crippen LogP contribution in [-0.2, 0) is 4.74 Å². The highest BCUT2D eigenvalue weighted by Gasteiger charge is 2.18. The normalized spacial score (nSPS) is 12.1. The quantitative estimate of drug-likeness (QED) is 0.450. The molecule has 0 aliphatic heterocycles. The Kier molecular flexibility index (Phi) is 4.71. The van der Waals surface area contributed by atoms with Crippen LogP contribution in [0.2, 0.25) is 0 Å². The molecule has 3 N–H and O–H groups in total. The van der Waals surface area contributed by atoms with E-state index in [0.29, 0.717) is 18.9 Å². The van der Waals surface area contributed by atoms with Crippen molar-refractivity contribution in [2.45, 2.75) is 19.9 Å². The number of nitro groups is 1. The van der Waals surface area contributed by atoms with Gasteiger partial charge in [-0.15, -0.1) is 0 Å². The molecule has 0 aliphatic carbocycles. The summed E-state index contributed by atoms with van der Waals surface area (Å²) in [6.45, 7) is 4.89. The Morgan fingerprint density at radius 3 is 2.88 bits per heavy atom. The van der Waals surface area contributed by atoms with Crippen molar-refractivity contribution in [1.29, 1.82) is 0 Å². The van der Waals surface area contributed by atoms with Crippen molar-refractivity contribution in [1.82, 2.24) is 0 Å². The molecule has 0 spiro atoms. The van der Waals surface area contributed by atoms with Gasteiger partial charge in [-0.25, -0.2) is 0 Å². The van der Waals surface area contributed by atoms with Gasteiger partial charge in [0.2, 0.25) is 0 Å². The van der Waals surface area contributed by atoms with Gasteiger partial charge in [-0.1, -0.05) is 6.07 Å². The first-order valence-corrected chi connectivity index (χ1v) is 5.43. The van der Waals surface area contributed by atoms with E-state index >= 15 is 0 Å². The summed E-state index contributed by atoms with van der Waals surface area (Å²) >= 11 is 0. The molecular weight excluding hydrogens is 222 g/mol. The fraction of sp³-hybridized carbons (Fsp3) is 0.455. The monoisotopic (exact) mass is 239 g/mol. The molecule has 1 rings (SSSR count). The van der Waals surface area contributed by atoms with E-state index in [4.69, 9.17) is 10.5 Å². The zero-order valence-electron chi connectivity index (χ0n) is 9.97. The summed E-state index contributed by atoms with van der Waals surface area (Å²) < 4.78 is 5.23. The Morgan fingerprint density at radius 1 is 1.59 bits per heavy atom. The first-order valence-electron chi connectivity index (χ1n) is 5.43. The van der Waals surface area contributed by atoms with Gasteiger partial charge in [0.05, 0.1) is 11.5 Å². The van der Waals surface area contributed by atoms with Crippen LogP contribution in [0.3, 0.4) is 0 Å². The fourth-order valence-electron chi connectivity index (χ4n) is 1.48. The summed E-state index contributed by atoms with van der Waals surface area (Å²) in [4.78, 5) is 10.4. The molecule has 0 heterocycles. The Morgan fingerprint density at radius 2 is 2.29 bits per heavy atom. The maximum Gasteiger partial charge on any atom is 0.314 e. The lowest BCUT2D eigenvalue weighted by molar-refractivity contribution is -0.383. The maximum atomic E-state index is 10.9. The first kappa shape index (κ1) is 13.2. The van der Waals surface area contributed by atoms with Crippen LogP contribution in [0.5, 0.6) is 0 Å². The molecule has 6 heteroatoms. The zero-order chi connectivity index (χ0) is 12.8. The second kappa shape index (κ2) is 6.05. The predicted molar refractivity (Wildman–Crippen MR) is 67.1 cm³/mol. The van der Waals surface area contributed by atoms with E-state index in [0.717, 1.165) is 0 Å². The lowest BCUT2D eigenvalue weighted by Gasteiger charge is -2.15. The maximum absolute atomic E-state index is 10.9. The van der Waals surface area contributed by atoms with Crippen LogP contribution in [0.25, 0.3) is 0 Å². The SMILES string of the molecule is CCOCC(C)Nc1cccc(N)c1[N+](=O)[O-]. The Bertz CT molecular complexity index is 396. The number of nitro benzene ring substituents is 1. The van der Waals surface area contributed by atoms with Crippen LogP contribution in [0, 0.1) is 10.1 Å². The third-order valence-electron chi connectivity index (χ3n) is 2.22. The molecule has 0 fully saturated rings. The summed E-state index contributed by atoms with van der Waals surface area (Å²) in [6.07, 6.45) is 0. The Hall–Kier alpha value is -1.82.